The Labute approximate surface area is 127 Å². The molecule has 0 amide bonds. The summed E-state index contributed by atoms with van der Waals surface area (Å²) in [4.78, 5) is 4.29. The van der Waals surface area contributed by atoms with E-state index in [1.54, 1.807) is 18.2 Å². The fraction of sp³-hybridized carbons (Fsp3) is 0. The van der Waals surface area contributed by atoms with Gasteiger partial charge in [0.05, 0.1) is 0 Å². The highest BCUT2D eigenvalue weighted by Gasteiger charge is 2.02. The number of nitrogens with zero attached hydrogens (tertiary/aromatic N) is 1. The molecule has 0 aliphatic heterocycles. The minimum Gasteiger partial charge on any atom is -0.558 e. The Bertz CT molecular complexity index is 810. The summed E-state index contributed by atoms with van der Waals surface area (Å²) in [6.07, 6.45) is 3.32. The third-order valence-corrected chi connectivity index (χ3v) is 3.13. The molecule has 0 radical (unpaired) electrons. The molecule has 0 bridgehead atoms. The number of halogens is 2. The molecule has 3 rings (SSSR count). The predicted molar refractivity (Wildman–Crippen MR) is 84.9 cm³/mol. The normalized spacial score (nSPS) is 11.0. The molecule has 0 saturated carbocycles. The molecule has 2 aromatic carbocycles. The van der Waals surface area contributed by atoms with Gasteiger partial charge in [-0.2, -0.15) is 0 Å². The van der Waals surface area contributed by atoms with Crippen LogP contribution in [0.15, 0.2) is 60.7 Å². The molecular weight excluding hydrogens is 283 g/mol. The molecule has 0 saturated heterocycles. The molecule has 0 unspecified atom stereocenters. The molecule has 2 nitrogen and oxygen atoms in total. The van der Waals surface area contributed by atoms with E-state index in [1.807, 2.05) is 30.3 Å². The average Bonchev–Trinajstić information content (AvgIpc) is 2.51. The van der Waals surface area contributed by atoms with Crippen molar-refractivity contribution in [1.29, 1.82) is 0 Å². The van der Waals surface area contributed by atoms with Crippen LogP contribution in [0.1, 0.15) is 5.56 Å². The lowest BCUT2D eigenvalue weighted by molar-refractivity contribution is 0.583. The largest absolute Gasteiger partial charge is 0.558 e. The van der Waals surface area contributed by atoms with Crippen LogP contribution in [-0.2, 0) is 0 Å². The predicted octanol–water partition coefficient (Wildman–Crippen LogP) is 3.91. The summed E-state index contributed by atoms with van der Waals surface area (Å²) >= 11 is 0. The Morgan fingerprint density at radius 2 is 1.77 bits per heavy atom. The van der Waals surface area contributed by atoms with Crippen LogP contribution < -0.4 is 4.65 Å². The summed E-state index contributed by atoms with van der Waals surface area (Å²) in [7, 11) is 0.286. The monoisotopic (exact) mass is 295 g/mol. The van der Waals surface area contributed by atoms with Gasteiger partial charge in [-0.3, -0.25) is 4.98 Å². The van der Waals surface area contributed by atoms with Crippen molar-refractivity contribution in [3.63, 3.8) is 0 Å². The van der Waals surface area contributed by atoms with Gasteiger partial charge in [0, 0.05) is 17.6 Å². The Hall–Kier alpha value is -2.69. The van der Waals surface area contributed by atoms with E-state index in [2.05, 4.69) is 4.98 Å². The van der Waals surface area contributed by atoms with E-state index in [9.17, 15) is 8.78 Å². The van der Waals surface area contributed by atoms with Crippen LogP contribution in [0.4, 0.5) is 8.78 Å². The molecule has 0 N–H and O–H groups in total. The number of rotatable bonds is 4. The lowest BCUT2D eigenvalue weighted by atomic mass is 9.99. The van der Waals surface area contributed by atoms with Gasteiger partial charge >= 0.3 is 7.48 Å². The summed E-state index contributed by atoms with van der Waals surface area (Å²) in [5.41, 5.74) is 1.24. The van der Waals surface area contributed by atoms with Crippen molar-refractivity contribution >= 4 is 24.5 Å². The van der Waals surface area contributed by atoms with Crippen LogP contribution in [0.3, 0.4) is 0 Å². The van der Waals surface area contributed by atoms with Gasteiger partial charge < -0.3 is 4.65 Å². The van der Waals surface area contributed by atoms with E-state index in [1.165, 1.54) is 12.1 Å². The number of hydrogen-bond acceptors (Lipinski definition) is 2. The molecule has 1 aromatic heterocycles. The highest BCUT2D eigenvalue weighted by atomic mass is 19.1. The Balaban J connectivity index is 1.71. The number of fused-ring (bicyclic) bond motifs is 1. The quantitative estimate of drug-likeness (QED) is 0.681. The first kappa shape index (κ1) is 14.3. The van der Waals surface area contributed by atoms with Crippen molar-refractivity contribution < 1.29 is 13.4 Å². The summed E-state index contributed by atoms with van der Waals surface area (Å²) in [6.45, 7) is 0. The zero-order valence-electron chi connectivity index (χ0n) is 11.7. The highest BCUT2D eigenvalue weighted by molar-refractivity contribution is 6.37. The fourth-order valence-corrected chi connectivity index (χ4v) is 2.19. The second-order valence-corrected chi connectivity index (χ2v) is 4.75. The minimum absolute atomic E-state index is 0.286. The number of benzene rings is 2. The van der Waals surface area contributed by atoms with Crippen molar-refractivity contribution in [3.05, 3.63) is 77.9 Å². The molecule has 22 heavy (non-hydrogen) atoms. The number of hydrogen-bond donors (Lipinski definition) is 0. The van der Waals surface area contributed by atoms with Gasteiger partial charge in [-0.25, -0.2) is 8.78 Å². The average molecular weight is 295 g/mol. The second-order valence-electron chi connectivity index (χ2n) is 4.75. The molecular formula is C17H12BF2NO. The summed E-state index contributed by atoms with van der Waals surface area (Å²) in [6, 6.07) is 12.9. The first-order chi connectivity index (χ1) is 10.7. The number of para-hydroxylation sites is 1. The maximum atomic E-state index is 13.1. The van der Waals surface area contributed by atoms with Crippen LogP contribution in [0.5, 0.6) is 5.75 Å². The third kappa shape index (κ3) is 3.31. The Kier molecular flexibility index (Phi) is 4.14. The first-order valence-electron chi connectivity index (χ1n) is 6.81. The molecule has 0 atom stereocenters. The van der Waals surface area contributed by atoms with Crippen LogP contribution in [0.25, 0.3) is 17.0 Å². The van der Waals surface area contributed by atoms with Gasteiger partial charge in [0.2, 0.25) is 0 Å². The van der Waals surface area contributed by atoms with Crippen molar-refractivity contribution in [1.82, 2.24) is 4.98 Å². The van der Waals surface area contributed by atoms with E-state index in [4.69, 9.17) is 4.65 Å². The molecule has 3 aromatic rings. The van der Waals surface area contributed by atoms with Crippen molar-refractivity contribution in [2.75, 3.05) is 0 Å². The zero-order valence-corrected chi connectivity index (χ0v) is 11.7. The van der Waals surface area contributed by atoms with Crippen LogP contribution in [0, 0.1) is 11.6 Å². The van der Waals surface area contributed by atoms with E-state index in [0.29, 0.717) is 11.3 Å². The Morgan fingerprint density at radius 1 is 1.00 bits per heavy atom. The van der Waals surface area contributed by atoms with E-state index < -0.39 is 11.6 Å². The maximum absolute atomic E-state index is 13.1. The smallest absolute Gasteiger partial charge is 0.366 e. The second kappa shape index (κ2) is 6.39. The van der Waals surface area contributed by atoms with E-state index >= 15 is 0 Å². The summed E-state index contributed by atoms with van der Waals surface area (Å²) < 4.78 is 31.8. The van der Waals surface area contributed by atoms with Gasteiger partial charge in [0.1, 0.15) is 22.9 Å². The standard InChI is InChI=1S/C17H12BF2NO/c19-14-9-12(10-15(20)11-14)6-7-18-22-16-5-1-3-13-4-2-8-21-17(13)16/h1-11,18H. The van der Waals surface area contributed by atoms with E-state index in [0.717, 1.165) is 17.0 Å². The molecule has 0 spiro atoms. The van der Waals surface area contributed by atoms with Crippen molar-refractivity contribution in [2.45, 2.75) is 0 Å². The lowest BCUT2D eigenvalue weighted by Gasteiger charge is -2.06. The van der Waals surface area contributed by atoms with Crippen molar-refractivity contribution in [2.24, 2.45) is 0 Å². The molecule has 0 aliphatic rings. The van der Waals surface area contributed by atoms with Gasteiger partial charge in [0.25, 0.3) is 0 Å². The number of aromatic nitrogens is 1. The summed E-state index contributed by atoms with van der Waals surface area (Å²) in [5, 5.41) is 0.996. The summed E-state index contributed by atoms with van der Waals surface area (Å²) in [5.74, 6) is 1.18. The van der Waals surface area contributed by atoms with Gasteiger partial charge in [-0.05, 0) is 29.8 Å². The SMILES string of the molecule is Fc1cc(F)cc(C=CBOc2cccc3cccnc23)c1. The zero-order chi connectivity index (χ0) is 15.4. The maximum Gasteiger partial charge on any atom is 0.366 e. The lowest BCUT2D eigenvalue weighted by Crippen LogP contribution is -1.99. The molecule has 5 heteroatoms. The fourth-order valence-electron chi connectivity index (χ4n) is 2.19. The van der Waals surface area contributed by atoms with Gasteiger partial charge in [-0.1, -0.05) is 30.3 Å². The van der Waals surface area contributed by atoms with Crippen molar-refractivity contribution in [3.8, 4) is 5.75 Å². The van der Waals surface area contributed by atoms with Crippen LogP contribution >= 0.6 is 0 Å². The molecule has 1 heterocycles. The minimum atomic E-state index is -0.598. The topological polar surface area (TPSA) is 22.1 Å². The molecule has 108 valence electrons. The Morgan fingerprint density at radius 3 is 2.59 bits per heavy atom. The molecule has 0 fully saturated rings. The van der Waals surface area contributed by atoms with Gasteiger partial charge in [-0.15, -0.1) is 0 Å². The van der Waals surface area contributed by atoms with Gasteiger partial charge in [0.15, 0.2) is 0 Å². The van der Waals surface area contributed by atoms with E-state index in [-0.39, 0.29) is 7.48 Å². The highest BCUT2D eigenvalue weighted by Crippen LogP contribution is 2.22. The number of pyridine rings is 1. The third-order valence-electron chi connectivity index (χ3n) is 3.13. The van der Waals surface area contributed by atoms with Crippen LogP contribution in [0.2, 0.25) is 0 Å². The molecule has 0 aliphatic carbocycles. The van der Waals surface area contributed by atoms with Crippen LogP contribution in [-0.4, -0.2) is 12.5 Å². The first-order valence-corrected chi connectivity index (χ1v) is 6.81.